The molecule has 0 heterocycles. The van der Waals surface area contributed by atoms with E-state index in [1.54, 1.807) is 0 Å². The number of rotatable bonds is 3. The van der Waals surface area contributed by atoms with Crippen molar-refractivity contribution in [2.24, 2.45) is 0 Å². The number of carbonyl (C=O) groups is 1. The standard InChI is InChI=1S/C20H25NO/c1-12-7-8-18(10-14(12)3)17(6)21-20(22)19-11-15(4)13(2)9-16(19)5/h7-11,17H,1-6H3,(H,21,22)/t17-/m0/s1. The van der Waals surface area contributed by atoms with Gasteiger partial charge in [0, 0.05) is 5.56 Å². The maximum atomic E-state index is 12.6. The third kappa shape index (κ3) is 3.38. The second-order valence-electron chi connectivity index (χ2n) is 6.29. The third-order valence-corrected chi connectivity index (χ3v) is 4.46. The van der Waals surface area contributed by atoms with Crippen LogP contribution in [0.4, 0.5) is 0 Å². The van der Waals surface area contributed by atoms with Crippen molar-refractivity contribution in [1.29, 1.82) is 0 Å². The minimum Gasteiger partial charge on any atom is -0.346 e. The van der Waals surface area contributed by atoms with Gasteiger partial charge in [-0.3, -0.25) is 4.79 Å². The van der Waals surface area contributed by atoms with Gasteiger partial charge in [0.25, 0.3) is 5.91 Å². The highest BCUT2D eigenvalue weighted by Gasteiger charge is 2.14. The largest absolute Gasteiger partial charge is 0.346 e. The van der Waals surface area contributed by atoms with E-state index in [-0.39, 0.29) is 11.9 Å². The number of nitrogens with one attached hydrogen (secondary N) is 1. The third-order valence-electron chi connectivity index (χ3n) is 4.46. The Labute approximate surface area is 133 Å². The first-order valence-electron chi connectivity index (χ1n) is 7.75. The first-order chi connectivity index (χ1) is 10.3. The van der Waals surface area contributed by atoms with Crippen LogP contribution in [-0.4, -0.2) is 5.91 Å². The molecule has 0 spiro atoms. The minimum atomic E-state index is -0.00803. The van der Waals surface area contributed by atoms with Gasteiger partial charge in [0.15, 0.2) is 0 Å². The number of benzene rings is 2. The highest BCUT2D eigenvalue weighted by Crippen LogP contribution is 2.19. The van der Waals surface area contributed by atoms with Crippen LogP contribution in [0, 0.1) is 34.6 Å². The van der Waals surface area contributed by atoms with Crippen LogP contribution in [0.25, 0.3) is 0 Å². The van der Waals surface area contributed by atoms with Gasteiger partial charge in [-0.05, 0) is 81.0 Å². The predicted octanol–water partition coefficient (Wildman–Crippen LogP) is 4.72. The Balaban J connectivity index is 2.21. The Morgan fingerprint density at radius 3 is 2.05 bits per heavy atom. The highest BCUT2D eigenvalue weighted by atomic mass is 16.1. The van der Waals surface area contributed by atoms with Crippen molar-refractivity contribution in [1.82, 2.24) is 5.32 Å². The zero-order valence-corrected chi connectivity index (χ0v) is 14.4. The number of aryl methyl sites for hydroxylation is 5. The summed E-state index contributed by atoms with van der Waals surface area (Å²) in [5.41, 5.74) is 7.81. The molecule has 116 valence electrons. The van der Waals surface area contributed by atoms with Gasteiger partial charge in [0.1, 0.15) is 0 Å². The lowest BCUT2D eigenvalue weighted by Crippen LogP contribution is -2.27. The van der Waals surface area contributed by atoms with Gasteiger partial charge in [0.05, 0.1) is 6.04 Å². The van der Waals surface area contributed by atoms with E-state index in [0.29, 0.717) is 0 Å². The molecule has 0 aliphatic rings. The SMILES string of the molecule is Cc1ccc([C@H](C)NC(=O)c2cc(C)c(C)cc2C)cc1C. The molecule has 2 aromatic carbocycles. The van der Waals surface area contributed by atoms with Crippen LogP contribution in [0.2, 0.25) is 0 Å². The molecule has 0 radical (unpaired) electrons. The molecule has 1 amide bonds. The Morgan fingerprint density at radius 2 is 1.41 bits per heavy atom. The summed E-state index contributed by atoms with van der Waals surface area (Å²) in [5.74, 6) is -0.00803. The summed E-state index contributed by atoms with van der Waals surface area (Å²) in [6.07, 6.45) is 0. The van der Waals surface area contributed by atoms with Crippen LogP contribution < -0.4 is 5.32 Å². The fourth-order valence-corrected chi connectivity index (χ4v) is 2.60. The molecule has 0 aliphatic heterocycles. The van der Waals surface area contributed by atoms with E-state index in [0.717, 1.165) is 22.3 Å². The molecule has 1 N–H and O–H groups in total. The molecule has 0 aliphatic carbocycles. The van der Waals surface area contributed by atoms with E-state index in [4.69, 9.17) is 0 Å². The van der Waals surface area contributed by atoms with Crippen LogP contribution in [0.3, 0.4) is 0 Å². The maximum Gasteiger partial charge on any atom is 0.252 e. The van der Waals surface area contributed by atoms with Crippen molar-refractivity contribution >= 4 is 5.91 Å². The fraction of sp³-hybridized carbons (Fsp3) is 0.350. The van der Waals surface area contributed by atoms with Crippen molar-refractivity contribution in [3.8, 4) is 0 Å². The molecule has 2 aromatic rings. The van der Waals surface area contributed by atoms with Crippen LogP contribution >= 0.6 is 0 Å². The average molecular weight is 295 g/mol. The molecule has 0 unspecified atom stereocenters. The molecule has 0 aromatic heterocycles. The number of amides is 1. The summed E-state index contributed by atoms with van der Waals surface area (Å²) < 4.78 is 0. The molecule has 2 nitrogen and oxygen atoms in total. The first kappa shape index (κ1) is 16.3. The quantitative estimate of drug-likeness (QED) is 0.872. The summed E-state index contributed by atoms with van der Waals surface area (Å²) >= 11 is 0. The molecule has 1 atom stereocenters. The molecule has 0 saturated carbocycles. The Bertz CT molecular complexity index is 716. The van der Waals surface area contributed by atoms with E-state index < -0.39 is 0 Å². The Hall–Kier alpha value is -2.09. The first-order valence-corrected chi connectivity index (χ1v) is 7.75. The van der Waals surface area contributed by atoms with Gasteiger partial charge >= 0.3 is 0 Å². The zero-order chi connectivity index (χ0) is 16.4. The van der Waals surface area contributed by atoms with Gasteiger partial charge < -0.3 is 5.32 Å². The summed E-state index contributed by atoms with van der Waals surface area (Å²) in [7, 11) is 0. The van der Waals surface area contributed by atoms with Crippen molar-refractivity contribution < 1.29 is 4.79 Å². The smallest absolute Gasteiger partial charge is 0.252 e. The Kier molecular flexibility index (Phi) is 4.70. The van der Waals surface area contributed by atoms with Crippen LogP contribution in [-0.2, 0) is 0 Å². The van der Waals surface area contributed by atoms with Crippen LogP contribution in [0.1, 0.15) is 56.7 Å². The van der Waals surface area contributed by atoms with E-state index >= 15 is 0 Å². The van der Waals surface area contributed by atoms with Gasteiger partial charge in [-0.2, -0.15) is 0 Å². The molecule has 0 fully saturated rings. The van der Waals surface area contributed by atoms with Gasteiger partial charge in [-0.1, -0.05) is 24.3 Å². The van der Waals surface area contributed by atoms with Gasteiger partial charge in [-0.25, -0.2) is 0 Å². The van der Waals surface area contributed by atoms with Gasteiger partial charge in [0.2, 0.25) is 0 Å². The van der Waals surface area contributed by atoms with Crippen LogP contribution in [0.15, 0.2) is 30.3 Å². The lowest BCUT2D eigenvalue weighted by Gasteiger charge is -2.17. The summed E-state index contributed by atoms with van der Waals surface area (Å²) in [6, 6.07) is 10.4. The number of hydrogen-bond donors (Lipinski definition) is 1. The minimum absolute atomic E-state index is 0.00666. The topological polar surface area (TPSA) is 29.1 Å². The average Bonchev–Trinajstić information content (AvgIpc) is 2.45. The molecule has 2 rings (SSSR count). The second kappa shape index (κ2) is 6.35. The lowest BCUT2D eigenvalue weighted by molar-refractivity contribution is 0.0939. The van der Waals surface area contributed by atoms with E-state index in [1.807, 2.05) is 26.8 Å². The molecule has 0 saturated heterocycles. The van der Waals surface area contributed by atoms with Crippen molar-refractivity contribution in [3.63, 3.8) is 0 Å². The molecule has 0 bridgehead atoms. The molecular weight excluding hydrogens is 270 g/mol. The highest BCUT2D eigenvalue weighted by molar-refractivity contribution is 5.96. The maximum absolute atomic E-state index is 12.6. The second-order valence-corrected chi connectivity index (χ2v) is 6.29. The summed E-state index contributed by atoms with van der Waals surface area (Å²) in [4.78, 5) is 12.6. The fourth-order valence-electron chi connectivity index (χ4n) is 2.60. The summed E-state index contributed by atoms with van der Waals surface area (Å²) in [5, 5.41) is 3.11. The summed E-state index contributed by atoms with van der Waals surface area (Å²) in [6.45, 7) is 12.3. The van der Waals surface area contributed by atoms with Crippen molar-refractivity contribution in [2.75, 3.05) is 0 Å². The van der Waals surface area contributed by atoms with Crippen LogP contribution in [0.5, 0.6) is 0 Å². The van der Waals surface area contributed by atoms with Crippen molar-refractivity contribution in [3.05, 3.63) is 69.3 Å². The van der Waals surface area contributed by atoms with E-state index in [1.165, 1.54) is 16.7 Å². The molecular formula is C20H25NO. The Morgan fingerprint density at radius 1 is 0.818 bits per heavy atom. The normalized spacial score (nSPS) is 12.1. The number of carbonyl (C=O) groups excluding carboxylic acids is 1. The van der Waals surface area contributed by atoms with E-state index in [9.17, 15) is 4.79 Å². The molecule has 2 heteroatoms. The molecule has 22 heavy (non-hydrogen) atoms. The zero-order valence-electron chi connectivity index (χ0n) is 14.4. The van der Waals surface area contributed by atoms with Gasteiger partial charge in [-0.15, -0.1) is 0 Å². The van der Waals surface area contributed by atoms with E-state index in [2.05, 4.69) is 50.4 Å². The number of hydrogen-bond acceptors (Lipinski definition) is 1. The lowest BCUT2D eigenvalue weighted by atomic mass is 9.99. The van der Waals surface area contributed by atoms with Crippen molar-refractivity contribution in [2.45, 2.75) is 47.6 Å². The monoisotopic (exact) mass is 295 g/mol. The predicted molar refractivity (Wildman–Crippen MR) is 92.5 cm³/mol.